The second kappa shape index (κ2) is 6.51. The molecule has 0 bridgehead atoms. The van der Waals surface area contributed by atoms with Crippen molar-refractivity contribution >= 4 is 17.7 Å². The number of hydrogen-bond acceptors (Lipinski definition) is 7. The van der Waals surface area contributed by atoms with Crippen molar-refractivity contribution in [2.45, 2.75) is 17.9 Å². The summed E-state index contributed by atoms with van der Waals surface area (Å²) in [5.74, 6) is -4.03. The zero-order valence-corrected chi connectivity index (χ0v) is 13.8. The van der Waals surface area contributed by atoms with Crippen LogP contribution in [0.5, 0.6) is 11.5 Å². The molecule has 0 spiro atoms. The van der Waals surface area contributed by atoms with E-state index in [0.717, 1.165) is 7.11 Å². The summed E-state index contributed by atoms with van der Waals surface area (Å²) in [6, 6.07) is 11.6. The van der Waals surface area contributed by atoms with Gasteiger partial charge in [0.1, 0.15) is 17.4 Å². The number of carbonyl (C=O) groups is 3. The van der Waals surface area contributed by atoms with Gasteiger partial charge in [0.15, 0.2) is 0 Å². The number of carbonyl (C=O) groups excluding carboxylic acids is 3. The smallest absolute Gasteiger partial charge is 0.376 e. The maximum atomic E-state index is 12.6. The minimum absolute atomic E-state index is 0.0198. The van der Waals surface area contributed by atoms with Crippen molar-refractivity contribution in [2.24, 2.45) is 0 Å². The topological polar surface area (TPSA) is 110 Å². The van der Waals surface area contributed by atoms with E-state index in [1.54, 1.807) is 12.1 Å². The molecule has 0 amide bonds. The van der Waals surface area contributed by atoms with Gasteiger partial charge < -0.3 is 19.7 Å². The highest BCUT2D eigenvalue weighted by Gasteiger charge is 2.61. The van der Waals surface area contributed by atoms with Crippen molar-refractivity contribution in [3.05, 3.63) is 59.7 Å². The summed E-state index contributed by atoms with van der Waals surface area (Å²) in [5.41, 5.74) is -0.945. The van der Waals surface area contributed by atoms with Crippen molar-refractivity contribution in [1.82, 2.24) is 0 Å². The first kappa shape index (κ1) is 17.5. The zero-order valence-electron chi connectivity index (χ0n) is 13.8. The van der Waals surface area contributed by atoms with Crippen molar-refractivity contribution in [2.75, 3.05) is 7.11 Å². The van der Waals surface area contributed by atoms with E-state index in [1.807, 2.05) is 0 Å². The Hall–Kier alpha value is -3.35. The predicted molar refractivity (Wildman–Crippen MR) is 88.5 cm³/mol. The molecule has 1 fully saturated rings. The molecule has 0 aromatic heterocycles. The number of benzene rings is 2. The minimum Gasteiger partial charge on any atom is -0.508 e. The van der Waals surface area contributed by atoms with Gasteiger partial charge in [-0.3, -0.25) is 4.79 Å². The standard InChI is InChI=1S/C19H16O7/c1-25-18(24)19(10-11-2-6-13(20)7-3-11)15(16(22)17(23)26-19)12-4-8-14(21)9-5-12/h2-9,15,20-21H,10H2,1H3. The van der Waals surface area contributed by atoms with Gasteiger partial charge in [-0.05, 0) is 35.4 Å². The number of Topliss-reactive ketones (excluding diaryl/α,β-unsaturated/α-hetero) is 1. The molecule has 7 heteroatoms. The second-order valence-electron chi connectivity index (χ2n) is 6.00. The summed E-state index contributed by atoms with van der Waals surface area (Å²) in [7, 11) is 1.14. The number of phenols is 2. The van der Waals surface area contributed by atoms with Crippen molar-refractivity contribution < 1.29 is 34.1 Å². The monoisotopic (exact) mass is 356 g/mol. The van der Waals surface area contributed by atoms with Gasteiger partial charge in [0.25, 0.3) is 5.78 Å². The lowest BCUT2D eigenvalue weighted by molar-refractivity contribution is -0.173. The Morgan fingerprint density at radius 1 is 1.04 bits per heavy atom. The van der Waals surface area contributed by atoms with Gasteiger partial charge in [-0.25, -0.2) is 9.59 Å². The maximum Gasteiger partial charge on any atom is 0.376 e. The molecule has 2 N–H and O–H groups in total. The Morgan fingerprint density at radius 3 is 2.12 bits per heavy atom. The third-order valence-electron chi connectivity index (χ3n) is 4.36. The maximum absolute atomic E-state index is 12.6. The van der Waals surface area contributed by atoms with E-state index >= 15 is 0 Å². The summed E-state index contributed by atoms with van der Waals surface area (Å²) in [6.07, 6.45) is -0.108. The molecular formula is C19H16O7. The normalized spacial score (nSPS) is 22.1. The van der Waals surface area contributed by atoms with Crippen molar-refractivity contribution in [1.29, 1.82) is 0 Å². The average Bonchev–Trinajstić information content (AvgIpc) is 2.88. The van der Waals surface area contributed by atoms with Gasteiger partial charge in [-0.1, -0.05) is 24.3 Å². The molecule has 1 heterocycles. The summed E-state index contributed by atoms with van der Waals surface area (Å²) >= 11 is 0. The summed E-state index contributed by atoms with van der Waals surface area (Å²) < 4.78 is 10.1. The van der Waals surface area contributed by atoms with Crippen LogP contribution in [-0.2, 0) is 30.3 Å². The molecule has 0 radical (unpaired) electrons. The number of cyclic esters (lactones) is 1. The molecule has 7 nitrogen and oxygen atoms in total. The van der Waals surface area contributed by atoms with E-state index in [1.165, 1.54) is 36.4 Å². The SMILES string of the molecule is COC(=O)C1(Cc2ccc(O)cc2)OC(=O)C(=O)C1c1ccc(O)cc1. The van der Waals surface area contributed by atoms with Crippen LogP contribution >= 0.6 is 0 Å². The number of methoxy groups -OCH3 is 1. The lowest BCUT2D eigenvalue weighted by Crippen LogP contribution is -2.47. The summed E-state index contributed by atoms with van der Waals surface area (Å²) in [5, 5.41) is 18.9. The summed E-state index contributed by atoms with van der Waals surface area (Å²) in [6.45, 7) is 0. The molecule has 1 saturated heterocycles. The second-order valence-corrected chi connectivity index (χ2v) is 6.00. The Labute approximate surface area is 148 Å². The number of phenolic OH excluding ortho intramolecular Hbond substituents is 2. The van der Waals surface area contributed by atoms with E-state index in [2.05, 4.69) is 0 Å². The number of esters is 2. The molecule has 3 rings (SSSR count). The van der Waals surface area contributed by atoms with Gasteiger partial charge in [0.2, 0.25) is 5.60 Å². The Bertz CT molecular complexity index is 854. The third kappa shape index (κ3) is 2.88. The molecule has 0 saturated carbocycles. The van der Waals surface area contributed by atoms with E-state index in [4.69, 9.17) is 9.47 Å². The molecule has 2 aromatic carbocycles. The lowest BCUT2D eigenvalue weighted by Gasteiger charge is -2.30. The molecular weight excluding hydrogens is 340 g/mol. The fraction of sp³-hybridized carbons (Fsp3) is 0.211. The van der Waals surface area contributed by atoms with Crippen LogP contribution in [0, 0.1) is 0 Å². The van der Waals surface area contributed by atoms with E-state index in [9.17, 15) is 24.6 Å². The van der Waals surface area contributed by atoms with Crippen LogP contribution in [0.25, 0.3) is 0 Å². The number of ether oxygens (including phenoxy) is 2. The summed E-state index contributed by atoms with van der Waals surface area (Å²) in [4.78, 5) is 37.1. The quantitative estimate of drug-likeness (QED) is 0.630. The van der Waals surface area contributed by atoms with Crippen LogP contribution < -0.4 is 0 Å². The van der Waals surface area contributed by atoms with Gasteiger partial charge in [-0.2, -0.15) is 0 Å². The van der Waals surface area contributed by atoms with E-state index in [-0.39, 0.29) is 17.9 Å². The first-order valence-corrected chi connectivity index (χ1v) is 7.80. The number of ketones is 1. The first-order chi connectivity index (χ1) is 12.4. The van der Waals surface area contributed by atoms with Crippen LogP contribution in [0.15, 0.2) is 48.5 Å². The highest BCUT2D eigenvalue weighted by Crippen LogP contribution is 2.42. The van der Waals surface area contributed by atoms with E-state index < -0.39 is 29.2 Å². The molecule has 2 aromatic rings. The molecule has 134 valence electrons. The molecule has 2 unspecified atom stereocenters. The molecule has 26 heavy (non-hydrogen) atoms. The van der Waals surface area contributed by atoms with Crippen LogP contribution in [0.2, 0.25) is 0 Å². The minimum atomic E-state index is -1.86. The Morgan fingerprint density at radius 2 is 1.58 bits per heavy atom. The first-order valence-electron chi connectivity index (χ1n) is 7.80. The van der Waals surface area contributed by atoms with Crippen LogP contribution in [0.3, 0.4) is 0 Å². The molecule has 1 aliphatic rings. The Kier molecular flexibility index (Phi) is 4.38. The predicted octanol–water partition coefficient (Wildman–Crippen LogP) is 1.46. The third-order valence-corrected chi connectivity index (χ3v) is 4.36. The van der Waals surface area contributed by atoms with Gasteiger partial charge in [0, 0.05) is 6.42 Å². The number of aromatic hydroxyl groups is 2. The number of hydrogen-bond donors (Lipinski definition) is 2. The fourth-order valence-electron chi connectivity index (χ4n) is 3.15. The molecule has 2 atom stereocenters. The van der Waals surface area contributed by atoms with Crippen LogP contribution in [0.1, 0.15) is 17.0 Å². The number of rotatable bonds is 4. The average molecular weight is 356 g/mol. The molecule has 1 aliphatic heterocycles. The molecule has 0 aliphatic carbocycles. The van der Waals surface area contributed by atoms with Crippen LogP contribution in [0.4, 0.5) is 0 Å². The highest BCUT2D eigenvalue weighted by atomic mass is 16.6. The largest absolute Gasteiger partial charge is 0.508 e. The van der Waals surface area contributed by atoms with Gasteiger partial charge >= 0.3 is 11.9 Å². The van der Waals surface area contributed by atoms with Crippen LogP contribution in [-0.4, -0.2) is 40.6 Å². The van der Waals surface area contributed by atoms with Crippen molar-refractivity contribution in [3.63, 3.8) is 0 Å². The zero-order chi connectivity index (χ0) is 18.9. The lowest BCUT2D eigenvalue weighted by atomic mass is 9.77. The van der Waals surface area contributed by atoms with E-state index in [0.29, 0.717) is 11.1 Å². The van der Waals surface area contributed by atoms with Gasteiger partial charge in [0.05, 0.1) is 7.11 Å². The Balaban J connectivity index is 2.11. The fourth-order valence-corrected chi connectivity index (χ4v) is 3.15. The van der Waals surface area contributed by atoms with Gasteiger partial charge in [-0.15, -0.1) is 0 Å². The highest BCUT2D eigenvalue weighted by molar-refractivity contribution is 6.39. The van der Waals surface area contributed by atoms with Crippen molar-refractivity contribution in [3.8, 4) is 11.5 Å².